The van der Waals surface area contributed by atoms with Gasteiger partial charge in [-0.3, -0.25) is 4.98 Å². The SMILES string of the molecule is CCC1(C(Br)Cc2ncccc2C)CCCC1. The number of aryl methyl sites for hydroxylation is 1. The summed E-state index contributed by atoms with van der Waals surface area (Å²) in [5.74, 6) is 0. The highest BCUT2D eigenvalue weighted by molar-refractivity contribution is 9.09. The number of rotatable bonds is 4. The molecule has 2 heteroatoms. The third kappa shape index (κ3) is 2.73. The Hall–Kier alpha value is -0.370. The number of aromatic nitrogens is 1. The first-order chi connectivity index (χ1) is 8.18. The highest BCUT2D eigenvalue weighted by Gasteiger charge is 2.38. The van der Waals surface area contributed by atoms with Crippen LogP contribution in [0, 0.1) is 12.3 Å². The number of hydrogen-bond donors (Lipinski definition) is 0. The fourth-order valence-corrected chi connectivity index (χ4v) is 4.17. The van der Waals surface area contributed by atoms with Crippen LogP contribution in [0.2, 0.25) is 0 Å². The monoisotopic (exact) mass is 295 g/mol. The topological polar surface area (TPSA) is 12.9 Å². The lowest BCUT2D eigenvalue weighted by Gasteiger charge is -2.33. The molecule has 0 aromatic carbocycles. The van der Waals surface area contributed by atoms with E-state index in [-0.39, 0.29) is 0 Å². The van der Waals surface area contributed by atoms with E-state index in [9.17, 15) is 0 Å². The van der Waals surface area contributed by atoms with Crippen molar-refractivity contribution in [3.63, 3.8) is 0 Å². The molecule has 0 aliphatic heterocycles. The molecule has 1 nitrogen and oxygen atoms in total. The lowest BCUT2D eigenvalue weighted by molar-refractivity contribution is 0.274. The average molecular weight is 296 g/mol. The summed E-state index contributed by atoms with van der Waals surface area (Å²) in [6, 6.07) is 4.18. The van der Waals surface area contributed by atoms with Crippen molar-refractivity contribution in [3.05, 3.63) is 29.6 Å². The summed E-state index contributed by atoms with van der Waals surface area (Å²) < 4.78 is 0. The number of hydrogen-bond acceptors (Lipinski definition) is 1. The van der Waals surface area contributed by atoms with Gasteiger partial charge in [-0.2, -0.15) is 0 Å². The van der Waals surface area contributed by atoms with Crippen molar-refractivity contribution in [2.45, 2.75) is 57.2 Å². The second-order valence-electron chi connectivity index (χ2n) is 5.36. The quantitative estimate of drug-likeness (QED) is 0.736. The third-order valence-corrected chi connectivity index (χ3v) is 5.75. The molecule has 94 valence electrons. The minimum atomic E-state index is 0.518. The molecular weight excluding hydrogens is 274 g/mol. The van der Waals surface area contributed by atoms with E-state index in [2.05, 4.69) is 40.8 Å². The molecule has 1 aromatic rings. The zero-order valence-electron chi connectivity index (χ0n) is 10.9. The van der Waals surface area contributed by atoms with Crippen molar-refractivity contribution < 1.29 is 0 Å². The van der Waals surface area contributed by atoms with Crippen molar-refractivity contribution in [2.75, 3.05) is 0 Å². The lowest BCUT2D eigenvalue weighted by Crippen LogP contribution is -2.29. The van der Waals surface area contributed by atoms with Crippen molar-refractivity contribution in [2.24, 2.45) is 5.41 Å². The zero-order valence-corrected chi connectivity index (χ0v) is 12.5. The predicted octanol–water partition coefficient (Wildman–Crippen LogP) is 4.67. The van der Waals surface area contributed by atoms with Gasteiger partial charge in [0.05, 0.1) is 0 Å². The lowest BCUT2D eigenvalue weighted by atomic mass is 9.78. The van der Waals surface area contributed by atoms with Gasteiger partial charge in [0.15, 0.2) is 0 Å². The van der Waals surface area contributed by atoms with E-state index in [1.54, 1.807) is 0 Å². The molecule has 0 radical (unpaired) electrons. The molecule has 2 rings (SSSR count). The van der Waals surface area contributed by atoms with E-state index in [1.165, 1.54) is 43.4 Å². The molecule has 0 bridgehead atoms. The number of nitrogens with zero attached hydrogens (tertiary/aromatic N) is 1. The molecule has 0 N–H and O–H groups in total. The van der Waals surface area contributed by atoms with Gasteiger partial charge in [0.1, 0.15) is 0 Å². The molecular formula is C15H22BrN. The summed E-state index contributed by atoms with van der Waals surface area (Å²) in [6.45, 7) is 4.50. The van der Waals surface area contributed by atoms with E-state index >= 15 is 0 Å². The first-order valence-corrected chi connectivity index (χ1v) is 7.64. The maximum atomic E-state index is 4.53. The largest absolute Gasteiger partial charge is 0.261 e. The van der Waals surface area contributed by atoms with Crippen LogP contribution >= 0.6 is 15.9 Å². The molecule has 1 atom stereocenters. The minimum Gasteiger partial charge on any atom is -0.261 e. The molecule has 17 heavy (non-hydrogen) atoms. The first kappa shape index (κ1) is 13.1. The maximum absolute atomic E-state index is 4.53. The van der Waals surface area contributed by atoms with Gasteiger partial charge in [-0.25, -0.2) is 0 Å². The summed E-state index contributed by atoms with van der Waals surface area (Å²) in [4.78, 5) is 5.10. The molecule has 1 aliphatic rings. The Morgan fingerprint density at radius 2 is 2.12 bits per heavy atom. The first-order valence-electron chi connectivity index (χ1n) is 6.72. The molecule has 1 aromatic heterocycles. The van der Waals surface area contributed by atoms with Gasteiger partial charge in [-0.15, -0.1) is 0 Å². The van der Waals surface area contributed by atoms with Gasteiger partial charge in [0.2, 0.25) is 0 Å². The highest BCUT2D eigenvalue weighted by Crippen LogP contribution is 2.47. The van der Waals surface area contributed by atoms with E-state index in [4.69, 9.17) is 0 Å². The fraction of sp³-hybridized carbons (Fsp3) is 0.667. The summed E-state index contributed by atoms with van der Waals surface area (Å²) in [5, 5.41) is 0. The summed E-state index contributed by atoms with van der Waals surface area (Å²) in [7, 11) is 0. The van der Waals surface area contributed by atoms with E-state index < -0.39 is 0 Å². The smallest absolute Gasteiger partial charge is 0.0444 e. The maximum Gasteiger partial charge on any atom is 0.0444 e. The van der Waals surface area contributed by atoms with Gasteiger partial charge < -0.3 is 0 Å². The second-order valence-corrected chi connectivity index (χ2v) is 6.47. The summed E-state index contributed by atoms with van der Waals surface area (Å²) >= 11 is 3.95. The average Bonchev–Trinajstić information content (AvgIpc) is 2.82. The Morgan fingerprint density at radius 1 is 1.41 bits per heavy atom. The van der Waals surface area contributed by atoms with Crippen LogP contribution in [-0.4, -0.2) is 9.81 Å². The minimum absolute atomic E-state index is 0.518. The normalized spacial score (nSPS) is 20.4. The highest BCUT2D eigenvalue weighted by atomic mass is 79.9. The van der Waals surface area contributed by atoms with Crippen LogP contribution in [0.5, 0.6) is 0 Å². The Balaban J connectivity index is 2.10. The van der Waals surface area contributed by atoms with E-state index in [1.807, 2.05) is 12.3 Å². The molecule has 0 saturated heterocycles. The van der Waals surface area contributed by atoms with Crippen LogP contribution in [0.15, 0.2) is 18.3 Å². The van der Waals surface area contributed by atoms with Crippen LogP contribution < -0.4 is 0 Å². The van der Waals surface area contributed by atoms with Crippen LogP contribution in [0.3, 0.4) is 0 Å². The van der Waals surface area contributed by atoms with Crippen molar-refractivity contribution >= 4 is 15.9 Å². The van der Waals surface area contributed by atoms with Gasteiger partial charge in [0, 0.05) is 23.1 Å². The molecule has 1 heterocycles. The molecule has 1 saturated carbocycles. The zero-order chi connectivity index (χ0) is 12.3. The Morgan fingerprint density at radius 3 is 2.71 bits per heavy atom. The Labute approximate surface area is 113 Å². The standard InChI is InChI=1S/C15H22BrN/c1-3-15(8-4-5-9-15)14(16)11-13-12(2)7-6-10-17-13/h6-7,10,14H,3-5,8-9,11H2,1-2H3. The van der Waals surface area contributed by atoms with Crippen LogP contribution in [0.25, 0.3) is 0 Å². The summed E-state index contributed by atoms with van der Waals surface area (Å²) in [5.41, 5.74) is 3.10. The van der Waals surface area contributed by atoms with Crippen LogP contribution in [0.1, 0.15) is 50.3 Å². The third-order valence-electron chi connectivity index (χ3n) is 4.46. The molecule has 1 unspecified atom stereocenters. The van der Waals surface area contributed by atoms with Gasteiger partial charge in [-0.05, 0) is 43.2 Å². The second kappa shape index (κ2) is 5.51. The van der Waals surface area contributed by atoms with E-state index in [0.29, 0.717) is 10.2 Å². The molecule has 0 spiro atoms. The molecule has 1 fully saturated rings. The van der Waals surface area contributed by atoms with Gasteiger partial charge in [0.25, 0.3) is 0 Å². The van der Waals surface area contributed by atoms with Crippen molar-refractivity contribution in [1.82, 2.24) is 4.98 Å². The number of halogens is 1. The Bertz CT molecular complexity index is 369. The van der Waals surface area contributed by atoms with Crippen molar-refractivity contribution in [3.8, 4) is 0 Å². The fourth-order valence-electron chi connectivity index (χ4n) is 3.09. The Kier molecular flexibility index (Phi) is 4.24. The molecule has 0 amide bonds. The van der Waals surface area contributed by atoms with Gasteiger partial charge >= 0.3 is 0 Å². The van der Waals surface area contributed by atoms with Crippen LogP contribution in [0.4, 0.5) is 0 Å². The summed E-state index contributed by atoms with van der Waals surface area (Å²) in [6.07, 6.45) is 9.83. The van der Waals surface area contributed by atoms with Crippen LogP contribution in [-0.2, 0) is 6.42 Å². The van der Waals surface area contributed by atoms with Crippen molar-refractivity contribution in [1.29, 1.82) is 0 Å². The predicted molar refractivity (Wildman–Crippen MR) is 76.6 cm³/mol. The molecule has 1 aliphatic carbocycles. The number of alkyl halides is 1. The van der Waals surface area contributed by atoms with E-state index in [0.717, 1.165) is 6.42 Å². The number of pyridine rings is 1. The van der Waals surface area contributed by atoms with Gasteiger partial charge in [-0.1, -0.05) is 41.8 Å².